The highest BCUT2D eigenvalue weighted by atomic mass is 32.2. The SMILES string of the molecule is Cc1ccc(-c2nnc(CN3CCN(S(=O)(=O)c4c[nH]c5ncccc45)CC3)o2)cc1. The predicted molar refractivity (Wildman–Crippen MR) is 115 cm³/mol. The molecule has 1 aromatic carbocycles. The second kappa shape index (κ2) is 7.88. The zero-order chi connectivity index (χ0) is 21.4. The minimum Gasteiger partial charge on any atom is -0.419 e. The number of fused-ring (bicyclic) bond motifs is 1. The van der Waals surface area contributed by atoms with E-state index in [-0.39, 0.29) is 4.90 Å². The van der Waals surface area contributed by atoms with Crippen LogP contribution in [0.4, 0.5) is 0 Å². The normalized spacial score (nSPS) is 16.2. The monoisotopic (exact) mass is 438 g/mol. The molecule has 1 saturated heterocycles. The Bertz CT molecular complexity index is 1300. The predicted octanol–water partition coefficient (Wildman–Crippen LogP) is 2.43. The molecule has 1 fully saturated rings. The molecule has 0 amide bonds. The van der Waals surface area contributed by atoms with E-state index < -0.39 is 10.0 Å². The summed E-state index contributed by atoms with van der Waals surface area (Å²) in [5, 5.41) is 8.90. The van der Waals surface area contributed by atoms with E-state index in [2.05, 4.69) is 25.1 Å². The minimum atomic E-state index is -3.59. The summed E-state index contributed by atoms with van der Waals surface area (Å²) in [6.45, 7) is 4.48. The molecule has 4 heterocycles. The lowest BCUT2D eigenvalue weighted by Gasteiger charge is -2.33. The lowest BCUT2D eigenvalue weighted by Crippen LogP contribution is -2.48. The highest BCUT2D eigenvalue weighted by Gasteiger charge is 2.31. The molecule has 31 heavy (non-hydrogen) atoms. The highest BCUT2D eigenvalue weighted by Crippen LogP contribution is 2.25. The number of H-pyrrole nitrogens is 1. The quantitative estimate of drug-likeness (QED) is 0.510. The molecule has 0 unspecified atom stereocenters. The Morgan fingerprint density at radius 1 is 1.06 bits per heavy atom. The Morgan fingerprint density at radius 2 is 1.84 bits per heavy atom. The maximum Gasteiger partial charge on any atom is 0.247 e. The van der Waals surface area contributed by atoms with Crippen molar-refractivity contribution < 1.29 is 12.8 Å². The van der Waals surface area contributed by atoms with Gasteiger partial charge < -0.3 is 9.40 Å². The van der Waals surface area contributed by atoms with E-state index in [0.29, 0.717) is 55.5 Å². The van der Waals surface area contributed by atoms with Crippen molar-refractivity contribution in [3.63, 3.8) is 0 Å². The van der Waals surface area contributed by atoms with Gasteiger partial charge in [-0.3, -0.25) is 4.90 Å². The molecule has 0 saturated carbocycles. The van der Waals surface area contributed by atoms with Gasteiger partial charge in [0, 0.05) is 49.5 Å². The Labute approximate surface area is 179 Å². The van der Waals surface area contributed by atoms with Crippen molar-refractivity contribution in [3.8, 4) is 11.5 Å². The third-order valence-electron chi connectivity index (χ3n) is 5.49. The molecule has 4 aromatic rings. The molecular weight excluding hydrogens is 416 g/mol. The van der Waals surface area contributed by atoms with Crippen LogP contribution in [0.5, 0.6) is 0 Å². The molecule has 1 N–H and O–H groups in total. The molecule has 1 aliphatic rings. The fraction of sp³-hybridized carbons (Fsp3) is 0.286. The lowest BCUT2D eigenvalue weighted by molar-refractivity contribution is 0.168. The second-order valence-electron chi connectivity index (χ2n) is 7.60. The molecule has 3 aromatic heterocycles. The van der Waals surface area contributed by atoms with E-state index in [1.54, 1.807) is 18.3 Å². The summed E-state index contributed by atoms with van der Waals surface area (Å²) in [5.74, 6) is 1.01. The number of piperazine rings is 1. The van der Waals surface area contributed by atoms with Crippen LogP contribution in [-0.4, -0.2) is 64.0 Å². The van der Waals surface area contributed by atoms with Gasteiger partial charge in [-0.1, -0.05) is 17.7 Å². The van der Waals surface area contributed by atoms with E-state index in [4.69, 9.17) is 4.42 Å². The van der Waals surface area contributed by atoms with Crippen LogP contribution < -0.4 is 0 Å². The van der Waals surface area contributed by atoms with E-state index in [0.717, 1.165) is 5.56 Å². The fourth-order valence-corrected chi connectivity index (χ4v) is 5.31. The molecule has 9 nitrogen and oxygen atoms in total. The Balaban J connectivity index is 1.24. The second-order valence-corrected chi connectivity index (χ2v) is 9.51. The van der Waals surface area contributed by atoms with Crippen molar-refractivity contribution in [1.82, 2.24) is 29.4 Å². The number of aromatic amines is 1. The van der Waals surface area contributed by atoms with Gasteiger partial charge in [0.2, 0.25) is 21.8 Å². The molecule has 5 rings (SSSR count). The Kier molecular flexibility index (Phi) is 5.05. The maximum absolute atomic E-state index is 13.1. The molecular formula is C21H22N6O3S. The summed E-state index contributed by atoms with van der Waals surface area (Å²) in [5.41, 5.74) is 2.62. The molecule has 0 bridgehead atoms. The van der Waals surface area contributed by atoms with Crippen LogP contribution in [0.1, 0.15) is 11.5 Å². The molecule has 0 radical (unpaired) electrons. The average Bonchev–Trinajstić information content (AvgIpc) is 3.42. The number of rotatable bonds is 5. The van der Waals surface area contributed by atoms with E-state index >= 15 is 0 Å². The largest absolute Gasteiger partial charge is 0.419 e. The molecule has 0 spiro atoms. The Hall–Kier alpha value is -3.08. The van der Waals surface area contributed by atoms with E-state index in [9.17, 15) is 8.42 Å². The number of pyridine rings is 1. The van der Waals surface area contributed by atoms with E-state index in [1.165, 1.54) is 16.1 Å². The summed E-state index contributed by atoms with van der Waals surface area (Å²) >= 11 is 0. The number of aromatic nitrogens is 4. The first-order valence-electron chi connectivity index (χ1n) is 10.0. The maximum atomic E-state index is 13.1. The third-order valence-corrected chi connectivity index (χ3v) is 7.43. The van der Waals surface area contributed by atoms with Gasteiger partial charge >= 0.3 is 0 Å². The first-order chi connectivity index (χ1) is 15.0. The van der Waals surface area contributed by atoms with Crippen molar-refractivity contribution in [2.24, 2.45) is 0 Å². The van der Waals surface area contributed by atoms with Gasteiger partial charge in [-0.25, -0.2) is 13.4 Å². The van der Waals surface area contributed by atoms with Crippen LogP contribution >= 0.6 is 0 Å². The van der Waals surface area contributed by atoms with Crippen LogP contribution in [-0.2, 0) is 16.6 Å². The van der Waals surface area contributed by atoms with Gasteiger partial charge in [0.05, 0.1) is 6.54 Å². The number of hydrogen-bond acceptors (Lipinski definition) is 7. The molecule has 0 atom stereocenters. The zero-order valence-electron chi connectivity index (χ0n) is 17.0. The van der Waals surface area contributed by atoms with Crippen molar-refractivity contribution in [3.05, 3.63) is 60.2 Å². The van der Waals surface area contributed by atoms with Crippen LogP contribution in [0.15, 0.2) is 58.1 Å². The number of sulfonamides is 1. The lowest BCUT2D eigenvalue weighted by atomic mass is 10.1. The molecule has 10 heteroatoms. The molecule has 0 aliphatic carbocycles. The number of benzene rings is 1. The summed E-state index contributed by atoms with van der Waals surface area (Å²) in [6, 6.07) is 11.4. The minimum absolute atomic E-state index is 0.267. The zero-order valence-corrected chi connectivity index (χ0v) is 17.8. The number of nitrogens with zero attached hydrogens (tertiary/aromatic N) is 5. The number of nitrogens with one attached hydrogen (secondary N) is 1. The summed E-state index contributed by atoms with van der Waals surface area (Å²) in [4.78, 5) is 9.50. The average molecular weight is 439 g/mol. The summed E-state index contributed by atoms with van der Waals surface area (Å²) < 4.78 is 33.6. The van der Waals surface area contributed by atoms with Crippen LogP contribution in [0.2, 0.25) is 0 Å². The molecule has 1 aliphatic heterocycles. The van der Waals surface area contributed by atoms with Gasteiger partial charge in [0.25, 0.3) is 0 Å². The summed E-state index contributed by atoms with van der Waals surface area (Å²) in [7, 11) is -3.59. The standard InChI is InChI=1S/C21H22N6O3S/c1-15-4-6-16(7-5-15)21-25-24-19(30-21)14-26-9-11-27(12-10-26)31(28,29)18-13-23-20-17(18)3-2-8-22-20/h2-8,13H,9-12,14H2,1H3,(H,22,23). The first kappa shape index (κ1) is 19.9. The van der Waals surface area contributed by atoms with Crippen LogP contribution in [0.3, 0.4) is 0 Å². The topological polar surface area (TPSA) is 108 Å². The number of hydrogen-bond donors (Lipinski definition) is 1. The van der Waals surface area contributed by atoms with Crippen molar-refractivity contribution in [2.45, 2.75) is 18.4 Å². The van der Waals surface area contributed by atoms with Gasteiger partial charge in [-0.15, -0.1) is 10.2 Å². The van der Waals surface area contributed by atoms with Crippen molar-refractivity contribution in [2.75, 3.05) is 26.2 Å². The first-order valence-corrected chi connectivity index (χ1v) is 11.5. The summed E-state index contributed by atoms with van der Waals surface area (Å²) in [6.07, 6.45) is 3.15. The van der Waals surface area contributed by atoms with Gasteiger partial charge in [0.15, 0.2) is 0 Å². The van der Waals surface area contributed by atoms with Crippen LogP contribution in [0.25, 0.3) is 22.5 Å². The highest BCUT2D eigenvalue weighted by molar-refractivity contribution is 7.89. The Morgan fingerprint density at radius 3 is 2.61 bits per heavy atom. The van der Waals surface area contributed by atoms with E-state index in [1.807, 2.05) is 31.2 Å². The van der Waals surface area contributed by atoms with Crippen LogP contribution in [0, 0.1) is 6.92 Å². The third kappa shape index (κ3) is 3.85. The van der Waals surface area contributed by atoms with Crippen molar-refractivity contribution >= 4 is 21.1 Å². The molecule has 160 valence electrons. The fourth-order valence-electron chi connectivity index (χ4n) is 3.73. The number of aryl methyl sites for hydroxylation is 1. The smallest absolute Gasteiger partial charge is 0.247 e. The van der Waals surface area contributed by atoms with Gasteiger partial charge in [-0.05, 0) is 31.2 Å². The van der Waals surface area contributed by atoms with Gasteiger partial charge in [0.1, 0.15) is 10.5 Å². The van der Waals surface area contributed by atoms with Gasteiger partial charge in [-0.2, -0.15) is 4.31 Å². The van der Waals surface area contributed by atoms with Crippen molar-refractivity contribution in [1.29, 1.82) is 0 Å².